The number of oxime groups is 1. The molecule has 0 unspecified atom stereocenters. The maximum absolute atomic E-state index is 11.9. The van der Waals surface area contributed by atoms with Gasteiger partial charge in [-0.3, -0.25) is 0 Å². The highest BCUT2D eigenvalue weighted by Crippen LogP contribution is 2.27. The van der Waals surface area contributed by atoms with Gasteiger partial charge in [0, 0.05) is 16.1 Å². The summed E-state index contributed by atoms with van der Waals surface area (Å²) in [5.41, 5.74) is 1.50. The molecule has 2 aromatic carbocycles. The summed E-state index contributed by atoms with van der Waals surface area (Å²) in [5.74, 6) is 0.135. The Kier molecular flexibility index (Phi) is 5.94. The minimum absolute atomic E-state index is 0.285. The molecule has 118 valence electrons. The van der Waals surface area contributed by atoms with Crippen LogP contribution in [0.25, 0.3) is 6.08 Å². The summed E-state index contributed by atoms with van der Waals surface area (Å²) in [7, 11) is 1.46. The summed E-state index contributed by atoms with van der Waals surface area (Å²) < 4.78 is 11.4. The Hall–Kier alpha value is -2.60. The highest BCUT2D eigenvalue weighted by Gasteiger charge is 2.08. The van der Waals surface area contributed by atoms with Crippen molar-refractivity contribution in [1.82, 2.24) is 0 Å². The number of esters is 1. The van der Waals surface area contributed by atoms with Gasteiger partial charge in [0.15, 0.2) is 11.5 Å². The fraction of sp³-hybridized carbons (Fsp3) is 0.0588. The molecule has 0 aromatic heterocycles. The van der Waals surface area contributed by atoms with Crippen molar-refractivity contribution in [2.45, 2.75) is 0 Å². The third-order valence-corrected chi connectivity index (χ3v) is 3.42. The van der Waals surface area contributed by atoms with E-state index in [9.17, 15) is 4.79 Å². The predicted octanol–water partition coefficient (Wildman–Crippen LogP) is 3.88. The average Bonchev–Trinajstić information content (AvgIpc) is 2.56. The van der Waals surface area contributed by atoms with Gasteiger partial charge in [-0.25, -0.2) is 4.79 Å². The number of methoxy groups -OCH3 is 1. The van der Waals surface area contributed by atoms with Gasteiger partial charge in [0.25, 0.3) is 0 Å². The van der Waals surface area contributed by atoms with Crippen LogP contribution in [0.5, 0.6) is 11.5 Å². The zero-order valence-corrected chi connectivity index (χ0v) is 13.9. The number of nitrogens with zero attached hydrogens (tertiary/aromatic N) is 1. The van der Waals surface area contributed by atoms with E-state index >= 15 is 0 Å². The monoisotopic (exact) mass is 375 g/mol. The van der Waals surface area contributed by atoms with Gasteiger partial charge in [0.05, 0.1) is 13.3 Å². The lowest BCUT2D eigenvalue weighted by Gasteiger charge is -2.08. The first kappa shape index (κ1) is 16.8. The van der Waals surface area contributed by atoms with Crippen LogP contribution in [0.4, 0.5) is 0 Å². The molecule has 0 saturated carbocycles. The van der Waals surface area contributed by atoms with Gasteiger partial charge in [0.2, 0.25) is 0 Å². The Balaban J connectivity index is 2.09. The smallest absolute Gasteiger partial charge is 0.336 e. The molecule has 23 heavy (non-hydrogen) atoms. The standard InChI is InChI=1S/C17H14BrNO4/c1-22-16-10-13(11-19-21)4-8-15(16)23-17(20)9-5-12-2-6-14(18)7-3-12/h2-11,21H,1H3/b9-5+,19-11+. The van der Waals surface area contributed by atoms with Crippen LogP contribution in [-0.4, -0.2) is 24.5 Å². The first-order chi connectivity index (χ1) is 11.1. The number of hydrogen-bond acceptors (Lipinski definition) is 5. The molecule has 0 saturated heterocycles. The van der Waals surface area contributed by atoms with Crippen molar-refractivity contribution in [3.63, 3.8) is 0 Å². The minimum atomic E-state index is -0.519. The van der Waals surface area contributed by atoms with Crippen LogP contribution in [0, 0.1) is 0 Å². The molecule has 0 aliphatic carbocycles. The van der Waals surface area contributed by atoms with Crippen molar-refractivity contribution in [3.8, 4) is 11.5 Å². The Labute approximate surface area is 142 Å². The summed E-state index contributed by atoms with van der Waals surface area (Å²) in [6.07, 6.45) is 4.25. The summed E-state index contributed by atoms with van der Waals surface area (Å²) in [6, 6.07) is 12.3. The van der Waals surface area contributed by atoms with Gasteiger partial charge in [-0.1, -0.05) is 33.2 Å². The quantitative estimate of drug-likeness (QED) is 0.215. The highest BCUT2D eigenvalue weighted by atomic mass is 79.9. The second kappa shape index (κ2) is 8.14. The van der Waals surface area contributed by atoms with Crippen molar-refractivity contribution < 1.29 is 19.5 Å². The number of carbonyl (C=O) groups is 1. The lowest BCUT2D eigenvalue weighted by molar-refractivity contribution is -0.129. The van der Waals surface area contributed by atoms with Crippen molar-refractivity contribution in [2.75, 3.05) is 7.11 Å². The second-order valence-electron chi connectivity index (χ2n) is 4.46. The van der Waals surface area contributed by atoms with E-state index in [1.807, 2.05) is 24.3 Å². The number of halogens is 1. The van der Waals surface area contributed by atoms with E-state index in [4.69, 9.17) is 14.7 Å². The largest absolute Gasteiger partial charge is 0.493 e. The number of carbonyl (C=O) groups excluding carboxylic acids is 1. The average molecular weight is 376 g/mol. The molecule has 2 rings (SSSR count). The van der Waals surface area contributed by atoms with E-state index < -0.39 is 5.97 Å². The molecule has 1 N–H and O–H groups in total. The van der Waals surface area contributed by atoms with Crippen molar-refractivity contribution >= 4 is 34.2 Å². The maximum Gasteiger partial charge on any atom is 0.336 e. The van der Waals surface area contributed by atoms with Crippen LogP contribution < -0.4 is 9.47 Å². The first-order valence-corrected chi connectivity index (χ1v) is 7.42. The molecule has 0 aliphatic rings. The number of hydrogen-bond donors (Lipinski definition) is 1. The molecule has 2 aromatic rings. The molecule has 6 heteroatoms. The lowest BCUT2D eigenvalue weighted by Crippen LogP contribution is -2.05. The molecule has 0 radical (unpaired) electrons. The van der Waals surface area contributed by atoms with Crippen molar-refractivity contribution in [3.05, 3.63) is 64.1 Å². The van der Waals surface area contributed by atoms with E-state index in [0.29, 0.717) is 11.3 Å². The molecule has 0 aliphatic heterocycles. The Morgan fingerprint density at radius 2 is 1.83 bits per heavy atom. The predicted molar refractivity (Wildman–Crippen MR) is 91.2 cm³/mol. The van der Waals surface area contributed by atoms with Crippen LogP contribution in [-0.2, 0) is 4.79 Å². The first-order valence-electron chi connectivity index (χ1n) is 6.63. The van der Waals surface area contributed by atoms with Crippen LogP contribution in [0.15, 0.2) is 58.2 Å². The van der Waals surface area contributed by atoms with Crippen LogP contribution >= 0.6 is 15.9 Å². The molecule has 0 fully saturated rings. The molecular weight excluding hydrogens is 362 g/mol. The third kappa shape index (κ3) is 4.96. The lowest BCUT2D eigenvalue weighted by atomic mass is 10.2. The summed E-state index contributed by atoms with van der Waals surface area (Å²) in [4.78, 5) is 11.9. The van der Waals surface area contributed by atoms with E-state index in [1.54, 1.807) is 24.3 Å². The van der Waals surface area contributed by atoms with Crippen LogP contribution in [0.3, 0.4) is 0 Å². The second-order valence-corrected chi connectivity index (χ2v) is 5.38. The fourth-order valence-corrected chi connectivity index (χ4v) is 2.06. The minimum Gasteiger partial charge on any atom is -0.493 e. The number of rotatable bonds is 5. The molecule has 0 amide bonds. The normalized spacial score (nSPS) is 11.0. The van der Waals surface area contributed by atoms with E-state index in [-0.39, 0.29) is 5.75 Å². The third-order valence-electron chi connectivity index (χ3n) is 2.89. The molecule has 5 nitrogen and oxygen atoms in total. The number of benzene rings is 2. The van der Waals surface area contributed by atoms with Crippen molar-refractivity contribution in [2.24, 2.45) is 5.16 Å². The topological polar surface area (TPSA) is 68.1 Å². The Morgan fingerprint density at radius 1 is 1.13 bits per heavy atom. The fourth-order valence-electron chi connectivity index (χ4n) is 1.80. The molecule has 0 atom stereocenters. The zero-order chi connectivity index (χ0) is 16.7. The molecule has 0 spiro atoms. The molecular formula is C17H14BrNO4. The van der Waals surface area contributed by atoms with Crippen LogP contribution in [0.2, 0.25) is 0 Å². The van der Waals surface area contributed by atoms with Crippen LogP contribution in [0.1, 0.15) is 11.1 Å². The van der Waals surface area contributed by atoms with Crippen molar-refractivity contribution in [1.29, 1.82) is 0 Å². The SMILES string of the molecule is COc1cc(/C=N/O)ccc1OC(=O)/C=C/c1ccc(Br)cc1. The highest BCUT2D eigenvalue weighted by molar-refractivity contribution is 9.10. The van der Waals surface area contributed by atoms with Gasteiger partial charge < -0.3 is 14.7 Å². The Bertz CT molecular complexity index is 739. The zero-order valence-electron chi connectivity index (χ0n) is 12.3. The molecule has 0 bridgehead atoms. The summed E-state index contributed by atoms with van der Waals surface area (Å²) in [5, 5.41) is 11.5. The van der Waals surface area contributed by atoms with Gasteiger partial charge in [-0.15, -0.1) is 0 Å². The maximum atomic E-state index is 11.9. The van der Waals surface area contributed by atoms with Gasteiger partial charge in [-0.05, 0) is 42.0 Å². The summed E-state index contributed by atoms with van der Waals surface area (Å²) in [6.45, 7) is 0. The van der Waals surface area contributed by atoms with E-state index in [1.165, 1.54) is 19.4 Å². The van der Waals surface area contributed by atoms with Gasteiger partial charge in [-0.2, -0.15) is 0 Å². The van der Waals surface area contributed by atoms with Gasteiger partial charge >= 0.3 is 5.97 Å². The Morgan fingerprint density at radius 3 is 2.48 bits per heavy atom. The summed E-state index contributed by atoms with van der Waals surface area (Å²) >= 11 is 3.35. The van der Waals surface area contributed by atoms with Gasteiger partial charge in [0.1, 0.15) is 0 Å². The molecule has 0 heterocycles. The van der Waals surface area contributed by atoms with E-state index in [2.05, 4.69) is 21.1 Å². The van der Waals surface area contributed by atoms with E-state index in [0.717, 1.165) is 10.0 Å². The number of ether oxygens (including phenoxy) is 2.